The first-order valence-electron chi connectivity index (χ1n) is 14.7. The number of fused-ring (bicyclic) bond motifs is 1. The molecule has 3 aliphatic rings. The van der Waals surface area contributed by atoms with Gasteiger partial charge in [-0.3, -0.25) is 14.2 Å². The Morgan fingerprint density at radius 2 is 1.62 bits per heavy atom. The van der Waals surface area contributed by atoms with Crippen LogP contribution in [0.15, 0.2) is 67.4 Å². The Labute approximate surface area is 244 Å². The number of nitrogen functional groups attached to an aromatic ring is 1. The van der Waals surface area contributed by atoms with Crippen molar-refractivity contribution in [2.45, 2.75) is 25.2 Å². The second-order valence-corrected chi connectivity index (χ2v) is 11.4. The lowest BCUT2D eigenvalue weighted by molar-refractivity contribution is -0.139. The molecule has 2 amide bonds. The Hall–Kier alpha value is -4.73. The van der Waals surface area contributed by atoms with Gasteiger partial charge in [-0.2, -0.15) is 0 Å². The smallest absolute Gasteiger partial charge is 0.246 e. The highest BCUT2D eigenvalue weighted by atomic mass is 16.2. The third-order valence-electron chi connectivity index (χ3n) is 8.69. The van der Waals surface area contributed by atoms with Gasteiger partial charge in [-0.05, 0) is 73.9 Å². The Morgan fingerprint density at radius 1 is 0.881 bits per heavy atom. The van der Waals surface area contributed by atoms with Gasteiger partial charge in [0.2, 0.25) is 11.8 Å². The topological polar surface area (TPSA) is 113 Å². The van der Waals surface area contributed by atoms with Crippen LogP contribution >= 0.6 is 0 Å². The molecule has 7 rings (SSSR count). The Bertz CT molecular complexity index is 1670. The van der Waals surface area contributed by atoms with Gasteiger partial charge in [-0.25, -0.2) is 15.0 Å². The first kappa shape index (κ1) is 26.2. The number of anilines is 2. The molecule has 5 heterocycles. The minimum Gasteiger partial charge on any atom is -0.383 e. The summed E-state index contributed by atoms with van der Waals surface area (Å²) in [5.74, 6) is 1.72. The summed E-state index contributed by atoms with van der Waals surface area (Å²) in [4.78, 5) is 45.4. The molecule has 2 saturated heterocycles. The van der Waals surface area contributed by atoms with Crippen molar-refractivity contribution in [1.29, 1.82) is 0 Å². The predicted molar refractivity (Wildman–Crippen MR) is 162 cm³/mol. The van der Waals surface area contributed by atoms with Gasteiger partial charge in [0.1, 0.15) is 11.3 Å². The number of benzene rings is 1. The standard InChI is InChI=1S/C32H34N8O2/c1-2-28(41)37-16-18-38(19-17-37)32(42)22-13-15-39(20-22)23-7-9-24(10-8-23)40-30(25-4-3-14-34-29(25)33)36-27-12-11-26(21-5-6-21)35-31(27)40/h2-4,7-12,14,21-22H,1,5-6,13,15-20H2,(H2,33,34)/t22-/m0/s1. The normalized spacial score (nSPS) is 19.0. The molecule has 1 saturated carbocycles. The molecule has 10 nitrogen and oxygen atoms in total. The molecule has 3 fully saturated rings. The lowest BCUT2D eigenvalue weighted by atomic mass is 10.1. The van der Waals surface area contributed by atoms with Crippen molar-refractivity contribution in [3.63, 3.8) is 0 Å². The van der Waals surface area contributed by atoms with E-state index < -0.39 is 0 Å². The van der Waals surface area contributed by atoms with Crippen LogP contribution in [-0.4, -0.2) is 80.4 Å². The number of carbonyl (C=O) groups excluding carboxylic acids is 2. The minimum atomic E-state index is -0.0727. The van der Waals surface area contributed by atoms with Crippen LogP contribution in [0.4, 0.5) is 11.5 Å². The Balaban J connectivity index is 1.12. The number of nitrogens with zero attached hydrogens (tertiary/aromatic N) is 7. The van der Waals surface area contributed by atoms with Gasteiger partial charge in [-0.15, -0.1) is 0 Å². The zero-order valence-corrected chi connectivity index (χ0v) is 23.5. The Kier molecular flexibility index (Phi) is 6.60. The van der Waals surface area contributed by atoms with E-state index in [2.05, 4.69) is 57.4 Å². The summed E-state index contributed by atoms with van der Waals surface area (Å²) in [5, 5.41) is 0. The molecule has 0 spiro atoms. The Morgan fingerprint density at radius 3 is 2.33 bits per heavy atom. The monoisotopic (exact) mass is 562 g/mol. The average Bonchev–Trinajstić information content (AvgIpc) is 3.64. The maximum atomic E-state index is 13.3. The van der Waals surface area contributed by atoms with Crippen LogP contribution in [0.25, 0.3) is 28.2 Å². The number of carbonyl (C=O) groups is 2. The molecular weight excluding hydrogens is 528 g/mol. The zero-order chi connectivity index (χ0) is 28.8. The summed E-state index contributed by atoms with van der Waals surface area (Å²) in [6.45, 7) is 7.33. The van der Waals surface area contributed by atoms with Crippen molar-refractivity contribution in [3.05, 3.63) is 73.1 Å². The van der Waals surface area contributed by atoms with E-state index in [4.69, 9.17) is 15.7 Å². The quantitative estimate of drug-likeness (QED) is 0.357. The van der Waals surface area contributed by atoms with E-state index in [1.807, 2.05) is 17.0 Å². The molecule has 214 valence electrons. The van der Waals surface area contributed by atoms with Crippen molar-refractivity contribution in [2.24, 2.45) is 5.92 Å². The van der Waals surface area contributed by atoms with E-state index in [0.717, 1.165) is 46.8 Å². The average molecular weight is 563 g/mol. The van der Waals surface area contributed by atoms with E-state index in [0.29, 0.717) is 50.3 Å². The number of hydrogen-bond acceptors (Lipinski definition) is 7. The third-order valence-corrected chi connectivity index (χ3v) is 8.69. The van der Waals surface area contributed by atoms with Crippen molar-refractivity contribution in [2.75, 3.05) is 49.9 Å². The van der Waals surface area contributed by atoms with Gasteiger partial charge >= 0.3 is 0 Å². The number of hydrogen-bond donors (Lipinski definition) is 1. The fourth-order valence-electron chi connectivity index (χ4n) is 6.15. The minimum absolute atomic E-state index is 0.0471. The molecule has 3 aromatic heterocycles. The highest BCUT2D eigenvalue weighted by Gasteiger charge is 2.33. The van der Waals surface area contributed by atoms with Gasteiger partial charge in [0.05, 0.1) is 11.5 Å². The second kappa shape index (κ2) is 10.6. The van der Waals surface area contributed by atoms with Crippen molar-refractivity contribution >= 4 is 34.5 Å². The van der Waals surface area contributed by atoms with Crippen LogP contribution in [0, 0.1) is 5.92 Å². The molecule has 0 radical (unpaired) electrons. The highest BCUT2D eigenvalue weighted by Crippen LogP contribution is 2.40. The molecule has 1 aliphatic carbocycles. The van der Waals surface area contributed by atoms with Crippen LogP contribution in [0.5, 0.6) is 0 Å². The number of pyridine rings is 2. The number of nitrogens with two attached hydrogens (primary N) is 1. The van der Waals surface area contributed by atoms with Gasteiger partial charge in [0.15, 0.2) is 11.5 Å². The molecule has 1 atom stereocenters. The molecular formula is C32H34N8O2. The van der Waals surface area contributed by atoms with E-state index in [9.17, 15) is 9.59 Å². The molecule has 10 heteroatoms. The molecule has 4 aromatic rings. The van der Waals surface area contributed by atoms with E-state index in [-0.39, 0.29) is 17.7 Å². The summed E-state index contributed by atoms with van der Waals surface area (Å²) >= 11 is 0. The predicted octanol–water partition coefficient (Wildman–Crippen LogP) is 3.63. The molecule has 0 bridgehead atoms. The first-order chi connectivity index (χ1) is 20.5. The van der Waals surface area contributed by atoms with Crippen molar-refractivity contribution < 1.29 is 9.59 Å². The number of rotatable bonds is 6. The van der Waals surface area contributed by atoms with Gasteiger partial charge < -0.3 is 20.4 Å². The third kappa shape index (κ3) is 4.76. The SMILES string of the molecule is C=CC(=O)N1CCN(C(=O)[C@H]2CCN(c3ccc(-n4c(-c5cccnc5N)nc5ccc(C6CC6)nc54)cc3)C2)CC1. The van der Waals surface area contributed by atoms with Crippen LogP contribution in [-0.2, 0) is 9.59 Å². The van der Waals surface area contributed by atoms with E-state index in [1.54, 1.807) is 11.1 Å². The molecule has 2 N–H and O–H groups in total. The van der Waals surface area contributed by atoms with Crippen LogP contribution in [0.2, 0.25) is 0 Å². The van der Waals surface area contributed by atoms with Crippen LogP contribution < -0.4 is 10.6 Å². The summed E-state index contributed by atoms with van der Waals surface area (Å²) in [6.07, 6.45) is 6.19. The molecule has 2 aliphatic heterocycles. The number of piperazine rings is 1. The van der Waals surface area contributed by atoms with Crippen LogP contribution in [0.1, 0.15) is 30.9 Å². The zero-order valence-electron chi connectivity index (χ0n) is 23.5. The molecule has 42 heavy (non-hydrogen) atoms. The van der Waals surface area contributed by atoms with Crippen molar-refractivity contribution in [3.8, 4) is 17.1 Å². The summed E-state index contributed by atoms with van der Waals surface area (Å²) in [5.41, 5.74) is 11.8. The fourth-order valence-corrected chi connectivity index (χ4v) is 6.15. The van der Waals surface area contributed by atoms with Gasteiger partial charge in [0.25, 0.3) is 0 Å². The molecule has 0 unspecified atom stereocenters. The van der Waals surface area contributed by atoms with E-state index >= 15 is 0 Å². The van der Waals surface area contributed by atoms with E-state index in [1.165, 1.54) is 18.9 Å². The highest BCUT2D eigenvalue weighted by molar-refractivity contribution is 5.87. The first-order valence-corrected chi connectivity index (χ1v) is 14.7. The largest absolute Gasteiger partial charge is 0.383 e. The van der Waals surface area contributed by atoms with Gasteiger partial charge in [-0.1, -0.05) is 6.58 Å². The summed E-state index contributed by atoms with van der Waals surface area (Å²) < 4.78 is 2.07. The fraction of sp³-hybridized carbons (Fsp3) is 0.344. The summed E-state index contributed by atoms with van der Waals surface area (Å²) in [6, 6.07) is 16.3. The molecule has 1 aromatic carbocycles. The maximum absolute atomic E-state index is 13.3. The van der Waals surface area contributed by atoms with Gasteiger partial charge in [0, 0.05) is 68.5 Å². The van der Waals surface area contributed by atoms with Crippen molar-refractivity contribution in [1.82, 2.24) is 29.3 Å². The number of aromatic nitrogens is 4. The maximum Gasteiger partial charge on any atom is 0.246 e. The summed E-state index contributed by atoms with van der Waals surface area (Å²) in [7, 11) is 0. The lowest BCUT2D eigenvalue weighted by Crippen LogP contribution is -2.51. The second-order valence-electron chi connectivity index (χ2n) is 11.4. The van der Waals surface area contributed by atoms with Crippen LogP contribution in [0.3, 0.4) is 0 Å². The number of imidazole rings is 1. The lowest BCUT2D eigenvalue weighted by Gasteiger charge is -2.35. The number of amides is 2.